The molecule has 158 valence electrons. The second-order valence-electron chi connectivity index (χ2n) is 8.09. The number of benzene rings is 2. The number of hydrogen-bond acceptors (Lipinski definition) is 3. The van der Waals surface area contributed by atoms with Gasteiger partial charge in [-0.05, 0) is 41.7 Å². The molecule has 31 heavy (non-hydrogen) atoms. The van der Waals surface area contributed by atoms with Gasteiger partial charge in [0.05, 0.1) is 12.3 Å². The van der Waals surface area contributed by atoms with E-state index >= 15 is 0 Å². The predicted molar refractivity (Wildman–Crippen MR) is 121 cm³/mol. The highest BCUT2D eigenvalue weighted by molar-refractivity contribution is 5.83. The lowest BCUT2D eigenvalue weighted by Crippen LogP contribution is -2.38. The lowest BCUT2D eigenvalue weighted by atomic mass is 9.91. The Balaban J connectivity index is 1.52. The molecule has 0 bridgehead atoms. The van der Waals surface area contributed by atoms with E-state index < -0.39 is 0 Å². The number of aromatic nitrogens is 1. The number of rotatable bonds is 5. The number of nitrogens with one attached hydrogen (secondary N) is 1. The molecule has 0 spiro atoms. The molecule has 1 aromatic heterocycles. The Kier molecular flexibility index (Phi) is 6.41. The maximum absolute atomic E-state index is 12.9. The van der Waals surface area contributed by atoms with Crippen molar-refractivity contribution < 1.29 is 9.59 Å². The van der Waals surface area contributed by atoms with Crippen LogP contribution in [0.25, 0.3) is 11.1 Å². The average Bonchev–Trinajstić information content (AvgIpc) is 2.97. The van der Waals surface area contributed by atoms with Crippen molar-refractivity contribution in [1.29, 1.82) is 0 Å². The molecular weight excluding hydrogens is 386 g/mol. The number of nitrogens with zero attached hydrogens (tertiary/aromatic N) is 2. The summed E-state index contributed by atoms with van der Waals surface area (Å²) in [6.07, 6.45) is 4.31. The molecule has 1 aliphatic heterocycles. The van der Waals surface area contributed by atoms with Crippen LogP contribution in [-0.2, 0) is 22.4 Å². The van der Waals surface area contributed by atoms with Crippen LogP contribution in [0.5, 0.6) is 0 Å². The first-order valence-electron chi connectivity index (χ1n) is 10.7. The summed E-state index contributed by atoms with van der Waals surface area (Å²) in [4.78, 5) is 31.6. The first kappa shape index (κ1) is 20.8. The first-order chi connectivity index (χ1) is 15.1. The highest BCUT2D eigenvalue weighted by Gasteiger charge is 2.28. The van der Waals surface area contributed by atoms with Crippen LogP contribution in [-0.4, -0.2) is 41.3 Å². The minimum absolute atomic E-state index is 0.00962. The SMILES string of the molecule is Cc1ccc(-c2ccccc2C[C@@H]2CN(C(=O)Cc3cccnc3)CCNC2=O)cc1. The van der Waals surface area contributed by atoms with E-state index in [2.05, 4.69) is 53.6 Å². The second-order valence-corrected chi connectivity index (χ2v) is 8.09. The molecular formula is C26H27N3O2. The molecule has 1 fully saturated rings. The van der Waals surface area contributed by atoms with Crippen LogP contribution in [0.1, 0.15) is 16.7 Å². The minimum atomic E-state index is -0.285. The van der Waals surface area contributed by atoms with E-state index in [0.717, 1.165) is 22.3 Å². The maximum atomic E-state index is 12.9. The van der Waals surface area contributed by atoms with Gasteiger partial charge in [-0.25, -0.2) is 0 Å². The largest absolute Gasteiger partial charge is 0.354 e. The molecule has 1 aliphatic rings. The summed E-state index contributed by atoms with van der Waals surface area (Å²) in [6.45, 7) is 3.50. The summed E-state index contributed by atoms with van der Waals surface area (Å²) in [5, 5.41) is 2.99. The van der Waals surface area contributed by atoms with Crippen LogP contribution in [0.15, 0.2) is 73.1 Å². The Hall–Kier alpha value is -3.47. The fourth-order valence-electron chi connectivity index (χ4n) is 4.05. The molecule has 3 aromatic rings. The van der Waals surface area contributed by atoms with E-state index in [1.165, 1.54) is 5.56 Å². The van der Waals surface area contributed by atoms with Crippen LogP contribution in [0.4, 0.5) is 0 Å². The molecule has 5 nitrogen and oxygen atoms in total. The zero-order valence-corrected chi connectivity index (χ0v) is 17.8. The van der Waals surface area contributed by atoms with Crippen LogP contribution in [0.3, 0.4) is 0 Å². The van der Waals surface area contributed by atoms with Gasteiger partial charge in [0.1, 0.15) is 0 Å². The maximum Gasteiger partial charge on any atom is 0.227 e. The van der Waals surface area contributed by atoms with Gasteiger partial charge in [-0.3, -0.25) is 14.6 Å². The van der Waals surface area contributed by atoms with Gasteiger partial charge >= 0.3 is 0 Å². The minimum Gasteiger partial charge on any atom is -0.354 e. The molecule has 0 saturated carbocycles. The first-order valence-corrected chi connectivity index (χ1v) is 10.7. The number of aryl methyl sites for hydroxylation is 1. The molecule has 1 N–H and O–H groups in total. The molecule has 1 saturated heterocycles. The van der Waals surface area contributed by atoms with Crippen molar-refractivity contribution >= 4 is 11.8 Å². The smallest absolute Gasteiger partial charge is 0.227 e. The second kappa shape index (κ2) is 9.56. The topological polar surface area (TPSA) is 62.3 Å². The van der Waals surface area contributed by atoms with E-state index in [0.29, 0.717) is 32.5 Å². The number of pyridine rings is 1. The lowest BCUT2D eigenvalue weighted by Gasteiger charge is -2.24. The lowest BCUT2D eigenvalue weighted by molar-refractivity contribution is -0.131. The Morgan fingerprint density at radius 3 is 2.68 bits per heavy atom. The van der Waals surface area contributed by atoms with Crippen molar-refractivity contribution in [2.45, 2.75) is 19.8 Å². The Bertz CT molecular complexity index is 1050. The van der Waals surface area contributed by atoms with Crippen molar-refractivity contribution in [2.75, 3.05) is 19.6 Å². The van der Waals surface area contributed by atoms with Gasteiger partial charge in [0.25, 0.3) is 0 Å². The average molecular weight is 414 g/mol. The molecule has 2 aromatic carbocycles. The molecule has 1 atom stereocenters. The number of amides is 2. The molecule has 5 heteroatoms. The fraction of sp³-hybridized carbons (Fsp3) is 0.269. The van der Waals surface area contributed by atoms with Crippen molar-refractivity contribution in [1.82, 2.24) is 15.2 Å². The van der Waals surface area contributed by atoms with Crippen molar-refractivity contribution in [2.24, 2.45) is 5.92 Å². The van der Waals surface area contributed by atoms with Crippen LogP contribution in [0.2, 0.25) is 0 Å². The molecule has 0 unspecified atom stereocenters. The fourth-order valence-corrected chi connectivity index (χ4v) is 4.05. The Labute approximate surface area is 183 Å². The van der Waals surface area contributed by atoms with Gasteiger partial charge < -0.3 is 10.2 Å². The zero-order valence-electron chi connectivity index (χ0n) is 17.8. The van der Waals surface area contributed by atoms with Gasteiger partial charge in [0.2, 0.25) is 11.8 Å². The van der Waals surface area contributed by atoms with Crippen molar-refractivity contribution in [3.05, 3.63) is 89.7 Å². The van der Waals surface area contributed by atoms with Gasteiger partial charge in [0.15, 0.2) is 0 Å². The summed E-state index contributed by atoms with van der Waals surface area (Å²) in [7, 11) is 0. The third kappa shape index (κ3) is 5.18. The van der Waals surface area contributed by atoms with E-state index in [9.17, 15) is 9.59 Å². The van der Waals surface area contributed by atoms with E-state index in [4.69, 9.17) is 0 Å². The zero-order chi connectivity index (χ0) is 21.6. The molecule has 2 heterocycles. The standard InChI is InChI=1S/C26H27N3O2/c1-19-8-10-21(11-9-19)24-7-3-2-6-22(24)16-23-18-29(14-13-28-26(23)31)25(30)15-20-5-4-12-27-17-20/h2-12,17,23H,13-16,18H2,1H3,(H,28,31)/t23-/m1/s1. The number of carbonyl (C=O) groups is 2. The van der Waals surface area contributed by atoms with E-state index in [1.54, 1.807) is 12.4 Å². The number of hydrogen-bond donors (Lipinski definition) is 1. The summed E-state index contributed by atoms with van der Waals surface area (Å²) in [5.74, 6) is -0.247. The van der Waals surface area contributed by atoms with Gasteiger partial charge in [-0.1, -0.05) is 60.2 Å². The van der Waals surface area contributed by atoms with Gasteiger partial charge in [-0.2, -0.15) is 0 Å². The monoisotopic (exact) mass is 413 g/mol. The predicted octanol–water partition coefficient (Wildman–Crippen LogP) is 3.42. The molecule has 2 amide bonds. The quantitative estimate of drug-likeness (QED) is 0.697. The molecule has 0 radical (unpaired) electrons. The van der Waals surface area contributed by atoms with Gasteiger partial charge in [0, 0.05) is 32.0 Å². The summed E-state index contributed by atoms with van der Waals surface area (Å²) >= 11 is 0. The van der Waals surface area contributed by atoms with E-state index in [-0.39, 0.29) is 17.7 Å². The third-order valence-corrected chi connectivity index (χ3v) is 5.77. The Morgan fingerprint density at radius 1 is 1.10 bits per heavy atom. The normalized spacial score (nSPS) is 16.5. The summed E-state index contributed by atoms with van der Waals surface area (Å²) < 4.78 is 0. The Morgan fingerprint density at radius 2 is 1.90 bits per heavy atom. The highest BCUT2D eigenvalue weighted by atomic mass is 16.2. The van der Waals surface area contributed by atoms with Crippen LogP contribution >= 0.6 is 0 Å². The van der Waals surface area contributed by atoms with Crippen molar-refractivity contribution in [3.8, 4) is 11.1 Å². The van der Waals surface area contributed by atoms with Crippen molar-refractivity contribution in [3.63, 3.8) is 0 Å². The summed E-state index contributed by atoms with van der Waals surface area (Å²) in [5.41, 5.74) is 5.49. The molecule has 4 rings (SSSR count). The third-order valence-electron chi connectivity index (χ3n) is 5.77. The van der Waals surface area contributed by atoms with Gasteiger partial charge in [-0.15, -0.1) is 0 Å². The highest BCUT2D eigenvalue weighted by Crippen LogP contribution is 2.27. The molecule has 0 aliphatic carbocycles. The summed E-state index contributed by atoms with van der Waals surface area (Å²) in [6, 6.07) is 20.4. The van der Waals surface area contributed by atoms with Crippen LogP contribution < -0.4 is 5.32 Å². The van der Waals surface area contributed by atoms with E-state index in [1.807, 2.05) is 29.2 Å². The number of carbonyl (C=O) groups excluding carboxylic acids is 2. The van der Waals surface area contributed by atoms with Crippen LogP contribution in [0, 0.1) is 12.8 Å².